The number of anilines is 1. The summed E-state index contributed by atoms with van der Waals surface area (Å²) in [5.41, 5.74) is 6.40. The summed E-state index contributed by atoms with van der Waals surface area (Å²) in [4.78, 5) is 12.1. The van der Waals surface area contributed by atoms with Crippen molar-refractivity contribution in [3.8, 4) is 0 Å². The van der Waals surface area contributed by atoms with Crippen molar-refractivity contribution < 1.29 is 23.7 Å². The van der Waals surface area contributed by atoms with E-state index >= 15 is 0 Å². The van der Waals surface area contributed by atoms with Gasteiger partial charge in [-0.3, -0.25) is 10.5 Å². The first-order valence-electron chi connectivity index (χ1n) is 7.09. The second kappa shape index (κ2) is 7.66. The maximum absolute atomic E-state index is 12.1. The van der Waals surface area contributed by atoms with Gasteiger partial charge in [-0.25, -0.2) is 0 Å². The van der Waals surface area contributed by atoms with Crippen LogP contribution in [-0.4, -0.2) is 45.0 Å². The van der Waals surface area contributed by atoms with Gasteiger partial charge in [-0.1, -0.05) is 18.2 Å². The maximum atomic E-state index is 12.1. The third kappa shape index (κ3) is 4.25. The van der Waals surface area contributed by atoms with Gasteiger partial charge in [0, 0.05) is 19.2 Å². The minimum absolute atomic E-state index is 0.0883. The van der Waals surface area contributed by atoms with Crippen molar-refractivity contribution >= 4 is 11.6 Å². The van der Waals surface area contributed by atoms with Crippen LogP contribution < -0.4 is 11.1 Å². The fourth-order valence-corrected chi connectivity index (χ4v) is 2.06. The Bertz CT molecular complexity index is 510. The van der Waals surface area contributed by atoms with Crippen molar-refractivity contribution in [2.45, 2.75) is 25.4 Å². The number of carbonyl (C=O) groups excluding carboxylic acids is 1. The molecule has 1 aromatic rings. The summed E-state index contributed by atoms with van der Waals surface area (Å²) in [5.74, 6) is -0.351. The minimum Gasteiger partial charge on any atom is -0.356 e. The van der Waals surface area contributed by atoms with Crippen LogP contribution in [0.25, 0.3) is 0 Å². The van der Waals surface area contributed by atoms with E-state index in [0.717, 1.165) is 11.3 Å². The second-order valence-electron chi connectivity index (χ2n) is 5.02. The Labute approximate surface area is 129 Å². The van der Waals surface area contributed by atoms with E-state index in [1.54, 1.807) is 14.0 Å². The molecule has 0 bridgehead atoms. The third-order valence-corrected chi connectivity index (χ3v) is 3.41. The van der Waals surface area contributed by atoms with E-state index in [0.29, 0.717) is 6.42 Å². The van der Waals surface area contributed by atoms with E-state index in [1.165, 1.54) is 0 Å². The summed E-state index contributed by atoms with van der Waals surface area (Å²) in [7, 11) is 1.55. The van der Waals surface area contributed by atoms with Crippen LogP contribution >= 0.6 is 0 Å². The van der Waals surface area contributed by atoms with E-state index in [-0.39, 0.29) is 32.2 Å². The number of rotatable bonds is 8. The van der Waals surface area contributed by atoms with Crippen molar-refractivity contribution in [1.29, 1.82) is 0 Å². The molecule has 1 amide bonds. The van der Waals surface area contributed by atoms with E-state index in [9.17, 15) is 4.79 Å². The van der Waals surface area contributed by atoms with Crippen molar-refractivity contribution in [3.63, 3.8) is 0 Å². The monoisotopic (exact) mass is 310 g/mol. The molecule has 1 aromatic carbocycles. The van der Waals surface area contributed by atoms with Gasteiger partial charge in [-0.2, -0.15) is 0 Å². The highest BCUT2D eigenvalue weighted by Gasteiger charge is 2.39. The lowest BCUT2D eigenvalue weighted by Gasteiger charge is -2.33. The molecule has 1 heterocycles. The molecule has 2 rings (SSSR count). The number of fused-ring (bicyclic) bond motifs is 1. The molecule has 3 N–H and O–H groups in total. The van der Waals surface area contributed by atoms with Gasteiger partial charge in [0.2, 0.25) is 5.72 Å². The summed E-state index contributed by atoms with van der Waals surface area (Å²) in [5, 5.41) is 2.75. The predicted molar refractivity (Wildman–Crippen MR) is 80.0 cm³/mol. The Balaban J connectivity index is 1.76. The summed E-state index contributed by atoms with van der Waals surface area (Å²) in [6, 6.07) is 7.51. The molecule has 1 aliphatic rings. The van der Waals surface area contributed by atoms with Gasteiger partial charge in [0.05, 0.1) is 13.2 Å². The summed E-state index contributed by atoms with van der Waals surface area (Å²) >= 11 is 0. The lowest BCUT2D eigenvalue weighted by atomic mass is 9.96. The number of benzene rings is 1. The maximum Gasteiger partial charge on any atom is 0.272 e. The Morgan fingerprint density at radius 2 is 2.14 bits per heavy atom. The highest BCUT2D eigenvalue weighted by Crippen LogP contribution is 2.27. The summed E-state index contributed by atoms with van der Waals surface area (Å²) in [6.07, 6.45) is -0.00551. The third-order valence-electron chi connectivity index (χ3n) is 3.41. The summed E-state index contributed by atoms with van der Waals surface area (Å²) < 4.78 is 20.8. The molecule has 2 unspecified atom stereocenters. The van der Waals surface area contributed by atoms with Gasteiger partial charge in [0.1, 0.15) is 6.79 Å². The number of nitrogens with two attached hydrogens (primary N) is 1. The zero-order chi connectivity index (χ0) is 16.0. The molecule has 0 aliphatic carbocycles. The van der Waals surface area contributed by atoms with Crippen LogP contribution in [0.3, 0.4) is 0 Å². The quantitative estimate of drug-likeness (QED) is 0.546. The lowest BCUT2D eigenvalue weighted by molar-refractivity contribution is -0.182. The normalized spacial score (nSPS) is 22.0. The second-order valence-corrected chi connectivity index (χ2v) is 5.02. The Kier molecular flexibility index (Phi) is 5.87. The van der Waals surface area contributed by atoms with Crippen molar-refractivity contribution in [2.24, 2.45) is 5.73 Å². The predicted octanol–water partition coefficient (Wildman–Crippen LogP) is 0.836. The number of ether oxygens (including phenoxy) is 4. The van der Waals surface area contributed by atoms with Gasteiger partial charge in [0.15, 0.2) is 6.29 Å². The van der Waals surface area contributed by atoms with E-state index in [1.807, 2.05) is 24.3 Å². The number of amides is 1. The zero-order valence-corrected chi connectivity index (χ0v) is 12.8. The number of hydrogen-bond acceptors (Lipinski definition) is 6. The molecular weight excluding hydrogens is 288 g/mol. The fourth-order valence-electron chi connectivity index (χ4n) is 2.06. The zero-order valence-electron chi connectivity index (χ0n) is 12.8. The van der Waals surface area contributed by atoms with Crippen molar-refractivity contribution in [2.75, 3.05) is 32.4 Å². The van der Waals surface area contributed by atoms with Crippen LogP contribution in [0.2, 0.25) is 0 Å². The van der Waals surface area contributed by atoms with Crippen molar-refractivity contribution in [3.05, 3.63) is 29.8 Å². The minimum atomic E-state index is -1.38. The summed E-state index contributed by atoms with van der Waals surface area (Å²) in [6.45, 7) is 2.31. The Morgan fingerprint density at radius 3 is 2.91 bits per heavy atom. The Hall–Kier alpha value is -1.51. The molecule has 22 heavy (non-hydrogen) atoms. The number of carbonyl (C=O) groups is 1. The molecule has 7 heteroatoms. The number of nitrogens with one attached hydrogen (secondary N) is 1. The smallest absolute Gasteiger partial charge is 0.272 e. The number of para-hydroxylation sites is 1. The van der Waals surface area contributed by atoms with E-state index < -0.39 is 5.72 Å². The number of hydrogen-bond donors (Lipinski definition) is 2. The standard InChI is InChI=1S/C15H22N2O5/c1-11(19-2)21-10-20-7-8-22-15(16)9-12-5-3-4-6-13(12)17-14(15)18/h3-6,11H,7-10,16H2,1-2H3,(H,17,18). The molecule has 122 valence electrons. The number of methoxy groups -OCH3 is 1. The molecule has 0 aromatic heterocycles. The molecule has 0 saturated heterocycles. The highest BCUT2D eigenvalue weighted by molar-refractivity contribution is 5.99. The first kappa shape index (κ1) is 16.9. The Morgan fingerprint density at radius 1 is 1.36 bits per heavy atom. The largest absolute Gasteiger partial charge is 0.356 e. The van der Waals surface area contributed by atoms with Crippen molar-refractivity contribution in [1.82, 2.24) is 0 Å². The molecule has 0 radical (unpaired) electrons. The molecule has 7 nitrogen and oxygen atoms in total. The first-order chi connectivity index (χ1) is 10.5. The molecule has 0 saturated carbocycles. The SMILES string of the molecule is COC(C)OCOCCOC1(N)Cc2ccccc2NC1=O. The first-order valence-corrected chi connectivity index (χ1v) is 7.09. The van der Waals surface area contributed by atoms with Crippen LogP contribution in [0.15, 0.2) is 24.3 Å². The molecule has 0 fully saturated rings. The molecule has 1 aliphatic heterocycles. The lowest BCUT2D eigenvalue weighted by Crippen LogP contribution is -2.57. The average Bonchev–Trinajstić information content (AvgIpc) is 2.51. The average molecular weight is 310 g/mol. The molecule has 0 spiro atoms. The van der Waals surface area contributed by atoms with Crippen LogP contribution in [0, 0.1) is 0 Å². The van der Waals surface area contributed by atoms with E-state index in [4.69, 9.17) is 24.7 Å². The van der Waals surface area contributed by atoms with Gasteiger partial charge >= 0.3 is 0 Å². The van der Waals surface area contributed by atoms with Gasteiger partial charge in [-0.05, 0) is 18.6 Å². The van der Waals surface area contributed by atoms with Gasteiger partial charge < -0.3 is 24.3 Å². The van der Waals surface area contributed by atoms with E-state index in [2.05, 4.69) is 5.32 Å². The molecule has 2 atom stereocenters. The topological polar surface area (TPSA) is 92.0 Å². The highest BCUT2D eigenvalue weighted by atomic mass is 16.7. The molecular formula is C15H22N2O5. The van der Waals surface area contributed by atoms with Crippen LogP contribution in [0.5, 0.6) is 0 Å². The van der Waals surface area contributed by atoms with Crippen LogP contribution in [0.4, 0.5) is 5.69 Å². The fraction of sp³-hybridized carbons (Fsp3) is 0.533. The van der Waals surface area contributed by atoms with Gasteiger partial charge in [0.25, 0.3) is 5.91 Å². The van der Waals surface area contributed by atoms with Gasteiger partial charge in [-0.15, -0.1) is 0 Å². The van der Waals surface area contributed by atoms with Crippen LogP contribution in [-0.2, 0) is 30.2 Å². The van der Waals surface area contributed by atoms with Crippen LogP contribution in [0.1, 0.15) is 12.5 Å².